The number of rotatable bonds is 8. The molecule has 1 aromatic heterocycles. The van der Waals surface area contributed by atoms with Gasteiger partial charge in [-0.3, -0.25) is 9.59 Å². The fourth-order valence-electron chi connectivity index (χ4n) is 4.20. The number of carbonyl (C=O) groups excluding carboxylic acids is 2. The third kappa shape index (κ3) is 4.30. The number of ether oxygens (including phenoxy) is 4. The standard InChI is InChI=1S/C26H25NO7S/c1-31-17-11-10-15(13-20(17)34-4)23-22(24(28)21-18(32-2)8-5-9-19(21)33-3)25(29)26(30)27(23)14-16-7-6-12-35-16/h5-13,23,28H,14H2,1-4H3/b24-22+. The SMILES string of the molecule is COc1ccc(C2/C(=C(\O)c3c(OC)cccc3OC)C(=O)C(=O)N2Cc2cccs2)cc1OC. The largest absolute Gasteiger partial charge is 0.506 e. The molecule has 0 aliphatic carbocycles. The summed E-state index contributed by atoms with van der Waals surface area (Å²) in [5.74, 6) is -0.360. The molecule has 0 saturated carbocycles. The molecule has 1 amide bonds. The second-order valence-corrected chi connectivity index (χ2v) is 8.69. The third-order valence-electron chi connectivity index (χ3n) is 5.83. The maximum atomic E-state index is 13.4. The van der Waals surface area contributed by atoms with Crippen molar-refractivity contribution in [1.29, 1.82) is 0 Å². The molecule has 8 nitrogen and oxygen atoms in total. The normalized spacial score (nSPS) is 16.9. The molecule has 1 saturated heterocycles. The molecular weight excluding hydrogens is 470 g/mol. The van der Waals surface area contributed by atoms with E-state index in [1.165, 1.54) is 44.7 Å². The number of benzene rings is 2. The van der Waals surface area contributed by atoms with Crippen molar-refractivity contribution in [2.75, 3.05) is 28.4 Å². The highest BCUT2D eigenvalue weighted by Gasteiger charge is 2.47. The van der Waals surface area contributed by atoms with Gasteiger partial charge in [-0.05, 0) is 41.3 Å². The van der Waals surface area contributed by atoms with E-state index < -0.39 is 17.7 Å². The molecule has 1 atom stereocenters. The number of ketones is 1. The van der Waals surface area contributed by atoms with Gasteiger partial charge in [0.2, 0.25) is 0 Å². The van der Waals surface area contributed by atoms with E-state index in [-0.39, 0.29) is 23.4 Å². The van der Waals surface area contributed by atoms with E-state index in [4.69, 9.17) is 18.9 Å². The highest BCUT2D eigenvalue weighted by atomic mass is 32.1. The summed E-state index contributed by atoms with van der Waals surface area (Å²) in [6, 6.07) is 13.0. The molecule has 0 radical (unpaired) electrons. The smallest absolute Gasteiger partial charge is 0.295 e. The minimum absolute atomic E-state index is 0.0680. The summed E-state index contributed by atoms with van der Waals surface area (Å²) in [5.41, 5.74) is 0.701. The van der Waals surface area contributed by atoms with E-state index >= 15 is 0 Å². The van der Waals surface area contributed by atoms with Gasteiger partial charge in [0.05, 0.1) is 46.6 Å². The molecule has 2 aromatic carbocycles. The maximum Gasteiger partial charge on any atom is 0.295 e. The van der Waals surface area contributed by atoms with Crippen LogP contribution in [0.15, 0.2) is 59.5 Å². The average molecular weight is 496 g/mol. The molecule has 1 aliphatic rings. The van der Waals surface area contributed by atoms with Gasteiger partial charge in [0, 0.05) is 4.88 Å². The number of hydrogen-bond acceptors (Lipinski definition) is 8. The van der Waals surface area contributed by atoms with Crippen LogP contribution in [0.3, 0.4) is 0 Å². The second-order valence-electron chi connectivity index (χ2n) is 7.66. The molecule has 9 heteroatoms. The summed E-state index contributed by atoms with van der Waals surface area (Å²) in [4.78, 5) is 29.0. The molecular formula is C26H25NO7S. The quantitative estimate of drug-likeness (QED) is 0.281. The minimum atomic E-state index is -0.883. The maximum absolute atomic E-state index is 13.4. The highest BCUT2D eigenvalue weighted by molar-refractivity contribution is 7.09. The number of hydrogen-bond donors (Lipinski definition) is 1. The van der Waals surface area contributed by atoms with E-state index in [0.717, 1.165) is 4.88 Å². The number of likely N-dealkylation sites (tertiary alicyclic amines) is 1. The Bertz CT molecular complexity index is 1260. The van der Waals surface area contributed by atoms with Crippen LogP contribution in [-0.4, -0.2) is 50.1 Å². The summed E-state index contributed by atoms with van der Waals surface area (Å²) in [6.07, 6.45) is 0. The Morgan fingerprint density at radius 2 is 1.54 bits per heavy atom. The fourth-order valence-corrected chi connectivity index (χ4v) is 4.90. The van der Waals surface area contributed by atoms with Gasteiger partial charge in [-0.25, -0.2) is 0 Å². The van der Waals surface area contributed by atoms with Crippen LogP contribution in [0, 0.1) is 0 Å². The number of aliphatic hydroxyl groups excluding tert-OH is 1. The lowest BCUT2D eigenvalue weighted by molar-refractivity contribution is -0.140. The predicted molar refractivity (Wildman–Crippen MR) is 131 cm³/mol. The van der Waals surface area contributed by atoms with Gasteiger partial charge < -0.3 is 29.0 Å². The molecule has 0 spiro atoms. The van der Waals surface area contributed by atoms with Crippen molar-refractivity contribution >= 4 is 28.8 Å². The van der Waals surface area contributed by atoms with Gasteiger partial charge in [0.25, 0.3) is 11.7 Å². The second kappa shape index (κ2) is 10.1. The minimum Gasteiger partial charge on any atom is -0.506 e. The van der Waals surface area contributed by atoms with Gasteiger partial charge >= 0.3 is 0 Å². The molecule has 1 fully saturated rings. The molecule has 1 aliphatic heterocycles. The van der Waals surface area contributed by atoms with Crippen LogP contribution in [-0.2, 0) is 16.1 Å². The van der Waals surface area contributed by atoms with Gasteiger partial charge in [-0.1, -0.05) is 18.2 Å². The number of methoxy groups -OCH3 is 4. The Morgan fingerprint density at radius 3 is 2.11 bits per heavy atom. The summed E-state index contributed by atoms with van der Waals surface area (Å²) >= 11 is 1.47. The molecule has 3 aromatic rings. The van der Waals surface area contributed by atoms with Crippen LogP contribution in [0.25, 0.3) is 5.76 Å². The zero-order valence-electron chi connectivity index (χ0n) is 19.7. The van der Waals surface area contributed by atoms with E-state index in [1.54, 1.807) is 36.4 Å². The first-order valence-electron chi connectivity index (χ1n) is 10.7. The topological polar surface area (TPSA) is 94.5 Å². The molecule has 2 heterocycles. The lowest BCUT2D eigenvalue weighted by Crippen LogP contribution is -2.28. The first-order valence-corrected chi connectivity index (χ1v) is 11.6. The lowest BCUT2D eigenvalue weighted by Gasteiger charge is -2.26. The number of aliphatic hydroxyl groups is 1. The average Bonchev–Trinajstić information content (AvgIpc) is 3.49. The Morgan fingerprint density at radius 1 is 0.886 bits per heavy atom. The van der Waals surface area contributed by atoms with E-state index in [1.807, 2.05) is 17.5 Å². The summed E-state index contributed by atoms with van der Waals surface area (Å²) in [5, 5.41) is 13.4. The van der Waals surface area contributed by atoms with Crippen LogP contribution >= 0.6 is 11.3 Å². The van der Waals surface area contributed by atoms with Gasteiger partial charge in [0.15, 0.2) is 11.5 Å². The molecule has 182 valence electrons. The first-order chi connectivity index (χ1) is 16.9. The lowest BCUT2D eigenvalue weighted by atomic mass is 9.94. The van der Waals surface area contributed by atoms with Crippen molar-refractivity contribution in [2.24, 2.45) is 0 Å². The third-order valence-corrected chi connectivity index (χ3v) is 6.70. The van der Waals surface area contributed by atoms with Crippen LogP contribution < -0.4 is 18.9 Å². The Kier molecular flexibility index (Phi) is 6.97. The number of nitrogens with zero attached hydrogens (tertiary/aromatic N) is 1. The van der Waals surface area contributed by atoms with Crippen LogP contribution in [0.2, 0.25) is 0 Å². The van der Waals surface area contributed by atoms with Crippen molar-refractivity contribution in [1.82, 2.24) is 4.90 Å². The van der Waals surface area contributed by atoms with Crippen molar-refractivity contribution < 1.29 is 33.6 Å². The monoisotopic (exact) mass is 495 g/mol. The summed E-state index contributed by atoms with van der Waals surface area (Å²) in [7, 11) is 5.93. The highest BCUT2D eigenvalue weighted by Crippen LogP contribution is 2.45. The number of thiophene rings is 1. The van der Waals surface area contributed by atoms with Crippen LogP contribution in [0.5, 0.6) is 23.0 Å². The Hall–Kier alpha value is -3.98. The van der Waals surface area contributed by atoms with Crippen LogP contribution in [0.4, 0.5) is 0 Å². The van der Waals surface area contributed by atoms with Gasteiger partial charge in [0.1, 0.15) is 22.8 Å². The molecule has 4 rings (SSSR count). The van der Waals surface area contributed by atoms with E-state index in [9.17, 15) is 14.7 Å². The predicted octanol–water partition coefficient (Wildman–Crippen LogP) is 4.40. The fraction of sp³-hybridized carbons (Fsp3) is 0.231. The van der Waals surface area contributed by atoms with Crippen LogP contribution in [0.1, 0.15) is 22.0 Å². The summed E-state index contributed by atoms with van der Waals surface area (Å²) < 4.78 is 21.7. The first kappa shape index (κ1) is 24.2. The van der Waals surface area contributed by atoms with Crippen molar-refractivity contribution in [3.05, 3.63) is 75.5 Å². The number of amides is 1. The van der Waals surface area contributed by atoms with E-state index in [0.29, 0.717) is 28.6 Å². The molecule has 35 heavy (non-hydrogen) atoms. The van der Waals surface area contributed by atoms with Crippen molar-refractivity contribution in [2.45, 2.75) is 12.6 Å². The Balaban J connectivity index is 1.96. The molecule has 0 bridgehead atoms. The zero-order chi connectivity index (χ0) is 25.1. The van der Waals surface area contributed by atoms with Gasteiger partial charge in [-0.15, -0.1) is 11.3 Å². The number of Topliss-reactive ketones (excluding diaryl/α,β-unsaturated/α-hetero) is 1. The molecule has 1 unspecified atom stereocenters. The summed E-state index contributed by atoms with van der Waals surface area (Å²) in [6.45, 7) is 0.196. The van der Waals surface area contributed by atoms with E-state index in [2.05, 4.69) is 0 Å². The Labute approximate surface area is 206 Å². The van der Waals surface area contributed by atoms with Gasteiger partial charge in [-0.2, -0.15) is 0 Å². The number of carbonyl (C=O) groups is 2. The zero-order valence-corrected chi connectivity index (χ0v) is 20.5. The molecule has 1 N–H and O–H groups in total. The van der Waals surface area contributed by atoms with Crippen molar-refractivity contribution in [3.8, 4) is 23.0 Å². The van der Waals surface area contributed by atoms with Crippen molar-refractivity contribution in [3.63, 3.8) is 0 Å².